The molecule has 1 rings (SSSR count). The molecule has 0 aromatic heterocycles. The number of nitrogens with two attached hydrogens (primary N) is 1. The molecule has 94 valence electrons. The summed E-state index contributed by atoms with van der Waals surface area (Å²) in [4.78, 5) is 13.0. The van der Waals surface area contributed by atoms with Crippen LogP contribution in [0.5, 0.6) is 0 Å². The van der Waals surface area contributed by atoms with Gasteiger partial charge in [-0.1, -0.05) is 0 Å². The summed E-state index contributed by atoms with van der Waals surface area (Å²) in [5.41, 5.74) is 6.93. The molecule has 0 bridgehead atoms. The van der Waals surface area contributed by atoms with Gasteiger partial charge in [0.1, 0.15) is 0 Å². The van der Waals surface area contributed by atoms with Gasteiger partial charge in [-0.15, -0.1) is 0 Å². The van der Waals surface area contributed by atoms with Crippen LogP contribution in [0, 0.1) is 0 Å². The van der Waals surface area contributed by atoms with E-state index in [1.54, 1.807) is 12.1 Å². The highest BCUT2D eigenvalue weighted by atomic mass is 16.4. The van der Waals surface area contributed by atoms with Crippen molar-refractivity contribution in [2.24, 2.45) is 0 Å². The van der Waals surface area contributed by atoms with Gasteiger partial charge in [0.05, 0.1) is 17.9 Å². The van der Waals surface area contributed by atoms with Crippen LogP contribution in [0.25, 0.3) is 0 Å². The fourth-order valence-electron chi connectivity index (χ4n) is 1.73. The molecule has 0 fully saturated rings. The predicted octanol–water partition coefficient (Wildman–Crippen LogP) is 1.17. The summed E-state index contributed by atoms with van der Waals surface area (Å²) in [5.74, 6) is -0.997. The molecule has 5 nitrogen and oxygen atoms in total. The van der Waals surface area contributed by atoms with Gasteiger partial charge in [0, 0.05) is 18.3 Å². The normalized spacial score (nSPS) is 10.6. The minimum atomic E-state index is -0.997. The summed E-state index contributed by atoms with van der Waals surface area (Å²) >= 11 is 0. The summed E-state index contributed by atoms with van der Waals surface area (Å²) in [6, 6.07) is 4.76. The lowest BCUT2D eigenvalue weighted by Gasteiger charge is -2.29. The number of anilines is 2. The smallest absolute Gasteiger partial charge is 0.337 e. The van der Waals surface area contributed by atoms with Gasteiger partial charge in [0.15, 0.2) is 0 Å². The minimum Gasteiger partial charge on any atom is -0.478 e. The third kappa shape index (κ3) is 3.10. The SMILES string of the molecule is CC(C)N(CCO)c1cc(N)ccc1C(=O)O. The van der Waals surface area contributed by atoms with Crippen LogP contribution in [-0.4, -0.2) is 35.4 Å². The molecule has 0 aliphatic heterocycles. The van der Waals surface area contributed by atoms with Gasteiger partial charge in [-0.05, 0) is 32.0 Å². The molecule has 0 aliphatic carbocycles. The number of nitrogens with zero attached hydrogens (tertiary/aromatic N) is 1. The van der Waals surface area contributed by atoms with Crippen LogP contribution >= 0.6 is 0 Å². The van der Waals surface area contributed by atoms with Crippen molar-refractivity contribution >= 4 is 17.3 Å². The summed E-state index contributed by atoms with van der Waals surface area (Å²) < 4.78 is 0. The van der Waals surface area contributed by atoms with E-state index < -0.39 is 5.97 Å². The number of rotatable bonds is 5. The topological polar surface area (TPSA) is 86.8 Å². The Morgan fingerprint density at radius 3 is 2.59 bits per heavy atom. The van der Waals surface area contributed by atoms with Crippen molar-refractivity contribution in [1.29, 1.82) is 0 Å². The standard InChI is InChI=1S/C12H18N2O3/c1-8(2)14(5-6-15)11-7-9(13)3-4-10(11)12(16)17/h3-4,7-8,15H,5-6,13H2,1-2H3,(H,16,17). The number of carbonyl (C=O) groups is 1. The number of carboxylic acid groups (broad SMARTS) is 1. The molecule has 1 aromatic carbocycles. The Morgan fingerprint density at radius 1 is 1.47 bits per heavy atom. The second-order valence-electron chi connectivity index (χ2n) is 4.09. The first-order valence-corrected chi connectivity index (χ1v) is 5.47. The Hall–Kier alpha value is -1.75. The maximum atomic E-state index is 11.1. The summed E-state index contributed by atoms with van der Waals surface area (Å²) in [6.45, 7) is 4.21. The molecule has 17 heavy (non-hydrogen) atoms. The molecule has 0 heterocycles. The number of hydrogen-bond acceptors (Lipinski definition) is 4. The van der Waals surface area contributed by atoms with Crippen LogP contribution in [0.3, 0.4) is 0 Å². The van der Waals surface area contributed by atoms with Gasteiger partial charge < -0.3 is 20.8 Å². The summed E-state index contributed by atoms with van der Waals surface area (Å²) in [5, 5.41) is 18.2. The van der Waals surface area contributed by atoms with Crippen molar-refractivity contribution in [3.63, 3.8) is 0 Å². The Morgan fingerprint density at radius 2 is 2.12 bits per heavy atom. The lowest BCUT2D eigenvalue weighted by molar-refractivity contribution is 0.0697. The number of hydrogen-bond donors (Lipinski definition) is 3. The molecule has 0 unspecified atom stereocenters. The van der Waals surface area contributed by atoms with Crippen LogP contribution in [0.15, 0.2) is 18.2 Å². The molecule has 0 radical (unpaired) electrons. The van der Waals surface area contributed by atoms with E-state index in [2.05, 4.69) is 0 Å². The largest absolute Gasteiger partial charge is 0.478 e. The first kappa shape index (κ1) is 13.3. The maximum Gasteiger partial charge on any atom is 0.337 e. The zero-order valence-corrected chi connectivity index (χ0v) is 10.1. The zero-order chi connectivity index (χ0) is 13.0. The maximum absolute atomic E-state index is 11.1. The highest BCUT2D eigenvalue weighted by molar-refractivity contribution is 5.95. The lowest BCUT2D eigenvalue weighted by Crippen LogP contribution is -2.34. The predicted molar refractivity (Wildman–Crippen MR) is 67.4 cm³/mol. The van der Waals surface area contributed by atoms with Crippen molar-refractivity contribution in [3.8, 4) is 0 Å². The molecular formula is C12H18N2O3. The van der Waals surface area contributed by atoms with Crippen LogP contribution in [-0.2, 0) is 0 Å². The van der Waals surface area contributed by atoms with Crippen LogP contribution in [0.2, 0.25) is 0 Å². The average Bonchev–Trinajstić information content (AvgIpc) is 2.24. The van der Waals surface area contributed by atoms with E-state index in [9.17, 15) is 4.79 Å². The first-order valence-electron chi connectivity index (χ1n) is 5.47. The molecular weight excluding hydrogens is 220 g/mol. The van der Waals surface area contributed by atoms with Crippen molar-refractivity contribution < 1.29 is 15.0 Å². The number of aliphatic hydroxyl groups excluding tert-OH is 1. The van der Waals surface area contributed by atoms with Crippen molar-refractivity contribution in [2.45, 2.75) is 19.9 Å². The Balaban J connectivity index is 3.24. The Kier molecular flexibility index (Phi) is 4.34. The third-order valence-corrected chi connectivity index (χ3v) is 2.53. The quantitative estimate of drug-likeness (QED) is 0.670. The van der Waals surface area contributed by atoms with E-state index >= 15 is 0 Å². The number of benzene rings is 1. The fourth-order valence-corrected chi connectivity index (χ4v) is 1.73. The van der Waals surface area contributed by atoms with Gasteiger partial charge in [-0.3, -0.25) is 0 Å². The highest BCUT2D eigenvalue weighted by Crippen LogP contribution is 2.25. The van der Waals surface area contributed by atoms with Crippen molar-refractivity contribution in [1.82, 2.24) is 0 Å². The highest BCUT2D eigenvalue weighted by Gasteiger charge is 2.18. The minimum absolute atomic E-state index is 0.0357. The van der Waals surface area contributed by atoms with Gasteiger partial charge in [-0.2, -0.15) is 0 Å². The molecule has 4 N–H and O–H groups in total. The van der Waals surface area contributed by atoms with Gasteiger partial charge in [0.25, 0.3) is 0 Å². The fraction of sp³-hybridized carbons (Fsp3) is 0.417. The average molecular weight is 238 g/mol. The molecule has 0 atom stereocenters. The van der Waals surface area contributed by atoms with E-state index in [0.29, 0.717) is 17.9 Å². The molecule has 5 heteroatoms. The number of carboxylic acids is 1. The third-order valence-electron chi connectivity index (χ3n) is 2.53. The van der Waals surface area contributed by atoms with E-state index in [1.165, 1.54) is 6.07 Å². The van der Waals surface area contributed by atoms with E-state index in [1.807, 2.05) is 18.7 Å². The Labute approximate surface area is 100 Å². The van der Waals surface area contributed by atoms with Gasteiger partial charge in [-0.25, -0.2) is 4.79 Å². The van der Waals surface area contributed by atoms with Gasteiger partial charge >= 0.3 is 5.97 Å². The first-order chi connectivity index (χ1) is 7.97. The molecule has 0 amide bonds. The second-order valence-corrected chi connectivity index (χ2v) is 4.09. The van der Waals surface area contributed by atoms with Crippen LogP contribution < -0.4 is 10.6 Å². The Bertz CT molecular complexity index is 405. The molecule has 0 aliphatic rings. The summed E-state index contributed by atoms with van der Waals surface area (Å²) in [6.07, 6.45) is 0. The van der Waals surface area contributed by atoms with E-state index in [0.717, 1.165) is 0 Å². The molecule has 0 saturated carbocycles. The van der Waals surface area contributed by atoms with E-state index in [-0.39, 0.29) is 18.2 Å². The lowest BCUT2D eigenvalue weighted by atomic mass is 10.1. The van der Waals surface area contributed by atoms with Crippen LogP contribution in [0.4, 0.5) is 11.4 Å². The monoisotopic (exact) mass is 238 g/mol. The molecule has 0 spiro atoms. The van der Waals surface area contributed by atoms with Crippen molar-refractivity contribution in [3.05, 3.63) is 23.8 Å². The van der Waals surface area contributed by atoms with Crippen LogP contribution in [0.1, 0.15) is 24.2 Å². The van der Waals surface area contributed by atoms with Crippen molar-refractivity contribution in [2.75, 3.05) is 23.8 Å². The van der Waals surface area contributed by atoms with E-state index in [4.69, 9.17) is 15.9 Å². The number of aliphatic hydroxyl groups is 1. The molecule has 1 aromatic rings. The number of aromatic carboxylic acids is 1. The number of nitrogen functional groups attached to an aromatic ring is 1. The molecule has 0 saturated heterocycles. The van der Waals surface area contributed by atoms with Gasteiger partial charge in [0.2, 0.25) is 0 Å². The second kappa shape index (κ2) is 5.54. The zero-order valence-electron chi connectivity index (χ0n) is 10.1. The summed E-state index contributed by atoms with van der Waals surface area (Å²) in [7, 11) is 0.